The summed E-state index contributed by atoms with van der Waals surface area (Å²) in [4.78, 5) is 12.9. The molecule has 4 nitrogen and oxygen atoms in total. The summed E-state index contributed by atoms with van der Waals surface area (Å²) in [6.45, 7) is 10.2. The molecule has 0 radical (unpaired) electrons. The fourth-order valence-corrected chi connectivity index (χ4v) is 1.67. The number of nitrogens with one attached hydrogen (secondary N) is 2. The molecule has 14 heavy (non-hydrogen) atoms. The van der Waals surface area contributed by atoms with Crippen molar-refractivity contribution in [3.63, 3.8) is 0 Å². The van der Waals surface area contributed by atoms with Crippen molar-refractivity contribution < 1.29 is 15.0 Å². The first-order valence-electron chi connectivity index (χ1n) is 5.60. The van der Waals surface area contributed by atoms with Crippen LogP contribution in [0.3, 0.4) is 0 Å². The summed E-state index contributed by atoms with van der Waals surface area (Å²) in [6.07, 6.45) is 0. The summed E-state index contributed by atoms with van der Waals surface area (Å²) in [5.41, 5.74) is 0. The molecule has 82 valence electrons. The third-order valence-electron chi connectivity index (χ3n) is 2.52. The van der Waals surface area contributed by atoms with Crippen LogP contribution in [0.2, 0.25) is 0 Å². The molecule has 0 aromatic rings. The standard InChI is InChI=1S/C10H21N3O/c1-9(2)7-12-10(14)8-13-5-3-11-4-6-13/h9,11H,3-8H2,1-2H3,(H,12,14)/p+2. The average molecular weight is 201 g/mol. The molecule has 1 rings (SSSR count). The predicted molar refractivity (Wildman–Crippen MR) is 55.1 cm³/mol. The van der Waals surface area contributed by atoms with E-state index >= 15 is 0 Å². The number of quaternary nitrogens is 2. The third kappa shape index (κ3) is 4.58. The van der Waals surface area contributed by atoms with Gasteiger partial charge in [-0.3, -0.25) is 4.79 Å². The van der Waals surface area contributed by atoms with Gasteiger partial charge in [-0.2, -0.15) is 0 Å². The quantitative estimate of drug-likeness (QED) is 0.453. The number of rotatable bonds is 4. The van der Waals surface area contributed by atoms with Crippen molar-refractivity contribution in [2.45, 2.75) is 13.8 Å². The van der Waals surface area contributed by atoms with Gasteiger partial charge in [0, 0.05) is 6.54 Å². The lowest BCUT2D eigenvalue weighted by Gasteiger charge is -2.21. The molecule has 1 saturated heterocycles. The van der Waals surface area contributed by atoms with Gasteiger partial charge in [0.25, 0.3) is 5.91 Å². The minimum atomic E-state index is 0.204. The lowest BCUT2D eigenvalue weighted by molar-refractivity contribution is -0.940. The highest BCUT2D eigenvalue weighted by Gasteiger charge is 2.18. The van der Waals surface area contributed by atoms with Crippen molar-refractivity contribution in [1.29, 1.82) is 0 Å². The van der Waals surface area contributed by atoms with Gasteiger partial charge in [-0.25, -0.2) is 0 Å². The van der Waals surface area contributed by atoms with E-state index in [1.54, 1.807) is 0 Å². The Bertz CT molecular complexity index is 176. The lowest BCUT2D eigenvalue weighted by Crippen LogP contribution is -3.21. The van der Waals surface area contributed by atoms with Crippen molar-refractivity contribution in [3.05, 3.63) is 0 Å². The SMILES string of the molecule is CC(C)CNC(=O)C[NH+]1CC[NH2+]CC1. The van der Waals surface area contributed by atoms with Crippen molar-refractivity contribution in [1.82, 2.24) is 5.32 Å². The summed E-state index contributed by atoms with van der Waals surface area (Å²) < 4.78 is 0. The van der Waals surface area contributed by atoms with E-state index in [1.165, 1.54) is 4.90 Å². The lowest BCUT2D eigenvalue weighted by atomic mass is 10.2. The van der Waals surface area contributed by atoms with Gasteiger partial charge in [-0.05, 0) is 5.92 Å². The van der Waals surface area contributed by atoms with Crippen LogP contribution in [0.15, 0.2) is 0 Å². The van der Waals surface area contributed by atoms with Crippen LogP contribution in [-0.2, 0) is 4.79 Å². The Hall–Kier alpha value is -0.610. The maximum atomic E-state index is 11.5. The first kappa shape index (κ1) is 11.5. The zero-order valence-corrected chi connectivity index (χ0v) is 9.31. The van der Waals surface area contributed by atoms with Crippen LogP contribution in [0.4, 0.5) is 0 Å². The van der Waals surface area contributed by atoms with Crippen LogP contribution < -0.4 is 15.5 Å². The third-order valence-corrected chi connectivity index (χ3v) is 2.52. The molecule has 4 N–H and O–H groups in total. The predicted octanol–water partition coefficient (Wildman–Crippen LogP) is -2.78. The number of amides is 1. The summed E-state index contributed by atoms with van der Waals surface area (Å²) >= 11 is 0. The monoisotopic (exact) mass is 201 g/mol. The van der Waals surface area contributed by atoms with E-state index < -0.39 is 0 Å². The number of piperazine rings is 1. The Labute approximate surface area is 86.0 Å². The molecule has 0 saturated carbocycles. The maximum absolute atomic E-state index is 11.5. The smallest absolute Gasteiger partial charge is 0.275 e. The molecule has 4 heteroatoms. The number of hydrogen-bond acceptors (Lipinski definition) is 1. The van der Waals surface area contributed by atoms with Crippen LogP contribution in [0.5, 0.6) is 0 Å². The van der Waals surface area contributed by atoms with Gasteiger partial charge in [0.15, 0.2) is 6.54 Å². The van der Waals surface area contributed by atoms with Crippen LogP contribution in [-0.4, -0.2) is 45.2 Å². The first-order valence-corrected chi connectivity index (χ1v) is 5.60. The number of nitrogens with two attached hydrogens (primary N) is 1. The molecule has 1 heterocycles. The summed E-state index contributed by atoms with van der Waals surface area (Å²) in [5, 5.41) is 5.27. The molecule has 0 unspecified atom stereocenters. The van der Waals surface area contributed by atoms with E-state index in [0.29, 0.717) is 12.5 Å². The molecule has 1 fully saturated rings. The minimum Gasteiger partial charge on any atom is -0.351 e. The highest BCUT2D eigenvalue weighted by atomic mass is 16.2. The molecule has 0 aromatic heterocycles. The van der Waals surface area contributed by atoms with E-state index in [-0.39, 0.29) is 5.91 Å². The molecule has 1 amide bonds. The topological polar surface area (TPSA) is 50.1 Å². The Morgan fingerprint density at radius 2 is 2.07 bits per heavy atom. The van der Waals surface area contributed by atoms with Crippen LogP contribution >= 0.6 is 0 Å². The fourth-order valence-electron chi connectivity index (χ4n) is 1.67. The van der Waals surface area contributed by atoms with Crippen molar-refractivity contribution in [3.8, 4) is 0 Å². The molecular weight excluding hydrogens is 178 g/mol. The van der Waals surface area contributed by atoms with Crippen molar-refractivity contribution in [2.75, 3.05) is 39.3 Å². The molecule has 0 aromatic carbocycles. The zero-order valence-electron chi connectivity index (χ0n) is 9.31. The first-order chi connectivity index (χ1) is 6.68. The van der Waals surface area contributed by atoms with Crippen molar-refractivity contribution in [2.24, 2.45) is 5.92 Å². The molecule has 1 aliphatic heterocycles. The van der Waals surface area contributed by atoms with Gasteiger partial charge in [0.05, 0.1) is 0 Å². The summed E-state index contributed by atoms with van der Waals surface area (Å²) in [7, 11) is 0. The van der Waals surface area contributed by atoms with Gasteiger partial charge in [0.1, 0.15) is 26.2 Å². The van der Waals surface area contributed by atoms with Crippen LogP contribution in [0.1, 0.15) is 13.8 Å². The highest BCUT2D eigenvalue weighted by Crippen LogP contribution is 1.85. The number of carbonyl (C=O) groups excluding carboxylic acids is 1. The summed E-state index contributed by atoms with van der Waals surface area (Å²) in [6, 6.07) is 0. The average Bonchev–Trinajstić information content (AvgIpc) is 2.16. The molecule has 0 spiro atoms. The van der Waals surface area contributed by atoms with E-state index in [4.69, 9.17) is 0 Å². The van der Waals surface area contributed by atoms with E-state index in [9.17, 15) is 4.79 Å². The van der Waals surface area contributed by atoms with E-state index in [0.717, 1.165) is 32.7 Å². The van der Waals surface area contributed by atoms with Crippen molar-refractivity contribution >= 4 is 5.91 Å². The van der Waals surface area contributed by atoms with Gasteiger partial charge in [-0.15, -0.1) is 0 Å². The maximum Gasteiger partial charge on any atom is 0.275 e. The Balaban J connectivity index is 2.12. The van der Waals surface area contributed by atoms with E-state index in [1.807, 2.05) is 0 Å². The number of hydrogen-bond donors (Lipinski definition) is 3. The van der Waals surface area contributed by atoms with Gasteiger partial charge < -0.3 is 15.5 Å². The van der Waals surface area contributed by atoms with Crippen LogP contribution in [0, 0.1) is 5.92 Å². The summed E-state index contributed by atoms with van der Waals surface area (Å²) in [5.74, 6) is 0.749. The van der Waals surface area contributed by atoms with Gasteiger partial charge in [0.2, 0.25) is 0 Å². The molecule has 0 bridgehead atoms. The largest absolute Gasteiger partial charge is 0.351 e. The Morgan fingerprint density at radius 1 is 1.43 bits per heavy atom. The van der Waals surface area contributed by atoms with Gasteiger partial charge >= 0.3 is 0 Å². The molecular formula is C10H23N3O+2. The molecule has 0 atom stereocenters. The minimum absolute atomic E-state index is 0.204. The normalized spacial score (nSPS) is 18.5. The fraction of sp³-hybridized carbons (Fsp3) is 0.900. The van der Waals surface area contributed by atoms with Gasteiger partial charge in [-0.1, -0.05) is 13.8 Å². The molecule has 1 aliphatic rings. The highest BCUT2D eigenvalue weighted by molar-refractivity contribution is 5.76. The Morgan fingerprint density at radius 3 is 2.64 bits per heavy atom. The Kier molecular flexibility index (Phi) is 4.90. The second-order valence-electron chi connectivity index (χ2n) is 4.49. The molecule has 0 aliphatic carbocycles. The number of carbonyl (C=O) groups is 1. The zero-order chi connectivity index (χ0) is 10.4. The van der Waals surface area contributed by atoms with Crippen LogP contribution in [0.25, 0.3) is 0 Å². The second-order valence-corrected chi connectivity index (χ2v) is 4.49. The van der Waals surface area contributed by atoms with E-state index in [2.05, 4.69) is 24.5 Å². The second kappa shape index (κ2) is 5.98.